The first-order valence-electron chi connectivity index (χ1n) is 10.4. The molecule has 1 amide bonds. The highest BCUT2D eigenvalue weighted by atomic mass is 32.2. The maximum atomic E-state index is 13.4. The zero-order valence-corrected chi connectivity index (χ0v) is 18.8. The summed E-state index contributed by atoms with van der Waals surface area (Å²) in [6, 6.07) is 6.35. The number of benzene rings is 1. The Bertz CT molecular complexity index is 1070. The van der Waals surface area contributed by atoms with Gasteiger partial charge in [0, 0.05) is 57.2 Å². The third kappa shape index (κ3) is 3.60. The third-order valence-electron chi connectivity index (χ3n) is 6.14. The van der Waals surface area contributed by atoms with Crippen molar-refractivity contribution in [1.29, 1.82) is 0 Å². The molecule has 0 radical (unpaired) electrons. The lowest BCUT2D eigenvalue weighted by Gasteiger charge is -2.36. The van der Waals surface area contributed by atoms with Crippen LogP contribution in [0.2, 0.25) is 0 Å². The van der Waals surface area contributed by atoms with Crippen LogP contribution in [0, 0.1) is 13.8 Å². The van der Waals surface area contributed by atoms with E-state index >= 15 is 0 Å². The van der Waals surface area contributed by atoms with Crippen LogP contribution in [0.25, 0.3) is 0 Å². The van der Waals surface area contributed by atoms with E-state index in [2.05, 4.69) is 36.0 Å². The van der Waals surface area contributed by atoms with Gasteiger partial charge in [-0.05, 0) is 44.9 Å². The summed E-state index contributed by atoms with van der Waals surface area (Å²) in [6.07, 6.45) is 1.56. The SMILES string of the molecule is CCn1cc(C(=O)N2C[C@@H]2C)c(S(=O)(=O)N2CCN(c3cccc(C)c3C)CC2)n1. The summed E-state index contributed by atoms with van der Waals surface area (Å²) in [5.41, 5.74) is 3.77. The van der Waals surface area contributed by atoms with Crippen LogP contribution >= 0.6 is 0 Å². The summed E-state index contributed by atoms with van der Waals surface area (Å²) in [5.74, 6) is -0.255. The molecule has 2 aromatic rings. The van der Waals surface area contributed by atoms with E-state index in [4.69, 9.17) is 0 Å². The first-order chi connectivity index (χ1) is 14.2. The number of carbonyl (C=O) groups is 1. The lowest BCUT2D eigenvalue weighted by Crippen LogP contribution is -2.49. The normalized spacial score (nSPS) is 19.9. The van der Waals surface area contributed by atoms with E-state index in [9.17, 15) is 13.2 Å². The predicted octanol–water partition coefficient (Wildman–Crippen LogP) is 1.88. The molecule has 0 unspecified atom stereocenters. The smallest absolute Gasteiger partial charge is 0.263 e. The van der Waals surface area contributed by atoms with Crippen molar-refractivity contribution >= 4 is 21.6 Å². The second kappa shape index (κ2) is 7.70. The molecule has 30 heavy (non-hydrogen) atoms. The van der Waals surface area contributed by atoms with Gasteiger partial charge in [0.1, 0.15) is 0 Å². The third-order valence-corrected chi connectivity index (χ3v) is 7.98. The summed E-state index contributed by atoms with van der Waals surface area (Å²) in [4.78, 5) is 16.7. The van der Waals surface area contributed by atoms with Crippen molar-refractivity contribution in [3.05, 3.63) is 41.1 Å². The maximum absolute atomic E-state index is 13.4. The number of aromatic nitrogens is 2. The number of rotatable bonds is 5. The van der Waals surface area contributed by atoms with Gasteiger partial charge in [-0.2, -0.15) is 9.40 Å². The fourth-order valence-electron chi connectivity index (χ4n) is 3.95. The number of nitrogens with zero attached hydrogens (tertiary/aromatic N) is 5. The van der Waals surface area contributed by atoms with Crippen molar-refractivity contribution in [2.75, 3.05) is 37.6 Å². The van der Waals surface area contributed by atoms with Crippen LogP contribution in [0.4, 0.5) is 5.69 Å². The van der Waals surface area contributed by atoms with Gasteiger partial charge in [-0.3, -0.25) is 9.48 Å². The van der Waals surface area contributed by atoms with Crippen molar-refractivity contribution in [1.82, 2.24) is 19.0 Å². The van der Waals surface area contributed by atoms with Crippen molar-refractivity contribution in [3.63, 3.8) is 0 Å². The summed E-state index contributed by atoms with van der Waals surface area (Å²) in [5, 5.41) is 4.14. The van der Waals surface area contributed by atoms with E-state index < -0.39 is 10.0 Å². The summed E-state index contributed by atoms with van der Waals surface area (Å²) in [7, 11) is -3.85. The average Bonchev–Trinajstić information content (AvgIpc) is 3.30. The fourth-order valence-corrected chi connectivity index (χ4v) is 5.46. The van der Waals surface area contributed by atoms with Gasteiger partial charge < -0.3 is 9.80 Å². The van der Waals surface area contributed by atoms with E-state index in [1.807, 2.05) is 19.9 Å². The molecule has 2 aliphatic rings. The number of amides is 1. The molecule has 0 N–H and O–H groups in total. The van der Waals surface area contributed by atoms with Crippen molar-refractivity contribution < 1.29 is 13.2 Å². The number of anilines is 1. The Balaban J connectivity index is 1.56. The molecule has 8 nitrogen and oxygen atoms in total. The number of piperazine rings is 1. The van der Waals surface area contributed by atoms with E-state index in [0.717, 1.165) is 5.69 Å². The lowest BCUT2D eigenvalue weighted by molar-refractivity contribution is 0.0872. The fraction of sp³-hybridized carbons (Fsp3) is 0.524. The number of sulfonamides is 1. The van der Waals surface area contributed by atoms with Crippen LogP contribution in [0.1, 0.15) is 35.3 Å². The number of carbonyl (C=O) groups excluding carboxylic acids is 1. The molecule has 4 rings (SSSR count). The lowest BCUT2D eigenvalue weighted by atomic mass is 10.1. The second-order valence-electron chi connectivity index (χ2n) is 8.12. The molecular formula is C21H29N5O3S. The molecule has 3 heterocycles. The van der Waals surface area contributed by atoms with Gasteiger partial charge in [0.05, 0.1) is 5.56 Å². The number of aryl methyl sites for hydroxylation is 2. The minimum absolute atomic E-state index is 0.117. The van der Waals surface area contributed by atoms with Gasteiger partial charge >= 0.3 is 0 Å². The minimum atomic E-state index is -3.85. The van der Waals surface area contributed by atoms with Crippen LogP contribution in [0.15, 0.2) is 29.4 Å². The number of hydrogen-bond acceptors (Lipinski definition) is 5. The van der Waals surface area contributed by atoms with Crippen LogP contribution in [0.5, 0.6) is 0 Å². The molecule has 9 heteroatoms. The molecule has 1 aromatic carbocycles. The highest BCUT2D eigenvalue weighted by molar-refractivity contribution is 7.89. The van der Waals surface area contributed by atoms with Crippen LogP contribution in [-0.2, 0) is 16.6 Å². The number of hydrogen-bond donors (Lipinski definition) is 0. The van der Waals surface area contributed by atoms with Crippen molar-refractivity contribution in [3.8, 4) is 0 Å². The molecule has 0 saturated carbocycles. The zero-order chi connectivity index (χ0) is 21.6. The summed E-state index contributed by atoms with van der Waals surface area (Å²) < 4.78 is 29.8. The molecular weight excluding hydrogens is 402 g/mol. The van der Waals surface area contributed by atoms with Gasteiger partial charge in [0.25, 0.3) is 15.9 Å². The summed E-state index contributed by atoms with van der Waals surface area (Å²) >= 11 is 0. The van der Waals surface area contributed by atoms with Gasteiger partial charge in [-0.15, -0.1) is 0 Å². The van der Waals surface area contributed by atoms with E-state index in [1.54, 1.807) is 11.1 Å². The molecule has 162 valence electrons. The van der Waals surface area contributed by atoms with Crippen molar-refractivity contribution in [2.45, 2.75) is 45.3 Å². The van der Waals surface area contributed by atoms with Crippen LogP contribution in [-0.4, -0.2) is 72.1 Å². The average molecular weight is 432 g/mol. The topological polar surface area (TPSA) is 78.5 Å². The molecule has 1 atom stereocenters. The van der Waals surface area contributed by atoms with Gasteiger partial charge in [-0.25, -0.2) is 8.42 Å². The molecule has 0 aliphatic carbocycles. The molecule has 0 spiro atoms. The van der Waals surface area contributed by atoms with Gasteiger partial charge in [0.2, 0.25) is 5.03 Å². The van der Waals surface area contributed by atoms with Gasteiger partial charge in [0.15, 0.2) is 0 Å². The molecule has 2 fully saturated rings. The van der Waals surface area contributed by atoms with Crippen LogP contribution in [0.3, 0.4) is 0 Å². The highest BCUT2D eigenvalue weighted by Gasteiger charge is 2.40. The van der Waals surface area contributed by atoms with Gasteiger partial charge in [-0.1, -0.05) is 12.1 Å². The van der Waals surface area contributed by atoms with E-state index in [-0.39, 0.29) is 22.5 Å². The Morgan fingerprint density at radius 2 is 1.83 bits per heavy atom. The monoisotopic (exact) mass is 431 g/mol. The molecule has 0 bridgehead atoms. The van der Waals surface area contributed by atoms with Crippen LogP contribution < -0.4 is 4.90 Å². The Morgan fingerprint density at radius 3 is 2.43 bits per heavy atom. The molecule has 2 aliphatic heterocycles. The first kappa shape index (κ1) is 20.9. The minimum Gasteiger partial charge on any atom is -0.369 e. The maximum Gasteiger partial charge on any atom is 0.263 e. The predicted molar refractivity (Wildman–Crippen MR) is 115 cm³/mol. The first-order valence-corrected chi connectivity index (χ1v) is 11.9. The summed E-state index contributed by atoms with van der Waals surface area (Å²) in [6.45, 7) is 11.1. The molecule has 2 saturated heterocycles. The van der Waals surface area contributed by atoms with Crippen molar-refractivity contribution in [2.24, 2.45) is 0 Å². The quantitative estimate of drug-likeness (QED) is 0.676. The standard InChI is InChI=1S/C21H29N5O3S/c1-5-24-14-18(21(27)26-13-16(26)3)20(22-24)30(28,29)25-11-9-23(10-12-25)19-8-6-7-15(2)17(19)4/h6-8,14,16H,5,9-13H2,1-4H3/t16-,26?/m0/s1. The highest BCUT2D eigenvalue weighted by Crippen LogP contribution is 2.28. The Morgan fingerprint density at radius 1 is 1.17 bits per heavy atom. The Kier molecular flexibility index (Phi) is 5.36. The second-order valence-corrected chi connectivity index (χ2v) is 9.97. The zero-order valence-electron chi connectivity index (χ0n) is 18.0. The molecule has 1 aromatic heterocycles. The largest absolute Gasteiger partial charge is 0.369 e. The Hall–Kier alpha value is -2.39. The van der Waals surface area contributed by atoms with E-state index in [1.165, 1.54) is 20.1 Å². The van der Waals surface area contributed by atoms with E-state index in [0.29, 0.717) is 39.3 Å². The Labute approximate surface area is 178 Å².